The number of carbonyl (C=O) groups is 1. The first-order valence-electron chi connectivity index (χ1n) is 9.43. The number of carbonyl (C=O) groups excluding carboxylic acids is 1. The number of pyridine rings is 1. The van der Waals surface area contributed by atoms with Crippen LogP contribution in [0.1, 0.15) is 12.5 Å². The highest BCUT2D eigenvalue weighted by Gasteiger charge is 2.24. The zero-order valence-electron chi connectivity index (χ0n) is 18.4. The molecule has 1 heterocycles. The topological polar surface area (TPSA) is 193 Å². The van der Waals surface area contributed by atoms with Crippen molar-refractivity contribution in [2.24, 2.45) is 5.16 Å². The van der Waals surface area contributed by atoms with Gasteiger partial charge in [0.05, 0.1) is 39.4 Å². The third-order valence-corrected chi connectivity index (χ3v) is 4.29. The lowest BCUT2D eigenvalue weighted by Crippen LogP contribution is -2.19. The van der Waals surface area contributed by atoms with Gasteiger partial charge in [-0.15, -0.1) is 0 Å². The van der Waals surface area contributed by atoms with Crippen molar-refractivity contribution in [3.63, 3.8) is 0 Å². The van der Waals surface area contributed by atoms with Crippen LogP contribution >= 0.6 is 0 Å². The van der Waals surface area contributed by atoms with Crippen LogP contribution in [-0.2, 0) is 4.74 Å². The summed E-state index contributed by atoms with van der Waals surface area (Å²) < 4.78 is 20.7. The summed E-state index contributed by atoms with van der Waals surface area (Å²) in [6, 6.07) is 4.35. The number of methoxy groups -OCH3 is 3. The number of amides is 1. The minimum atomic E-state index is -0.808. The van der Waals surface area contributed by atoms with Crippen molar-refractivity contribution in [3.05, 3.63) is 33.9 Å². The van der Waals surface area contributed by atoms with Gasteiger partial charge < -0.3 is 35.2 Å². The van der Waals surface area contributed by atoms with E-state index in [1.165, 1.54) is 27.4 Å². The number of hydrogen-bond donors (Lipinski definition) is 4. The average Bonchev–Trinajstić information content (AvgIpc) is 2.78. The van der Waals surface area contributed by atoms with Gasteiger partial charge in [-0.25, -0.2) is 9.78 Å². The summed E-state index contributed by atoms with van der Waals surface area (Å²) in [5.41, 5.74) is 5.50. The normalized spacial score (nSPS) is 10.8. The van der Waals surface area contributed by atoms with E-state index < -0.39 is 22.5 Å². The van der Waals surface area contributed by atoms with Crippen molar-refractivity contribution in [1.82, 2.24) is 4.98 Å². The van der Waals surface area contributed by atoms with Gasteiger partial charge in [0.25, 0.3) is 0 Å². The molecule has 0 spiro atoms. The molecule has 33 heavy (non-hydrogen) atoms. The van der Waals surface area contributed by atoms with Gasteiger partial charge in [-0.05, 0) is 19.1 Å². The first-order valence-corrected chi connectivity index (χ1v) is 9.43. The Balaban J connectivity index is 2.41. The van der Waals surface area contributed by atoms with E-state index in [0.29, 0.717) is 11.3 Å². The molecule has 1 aromatic carbocycles. The van der Waals surface area contributed by atoms with E-state index in [9.17, 15) is 20.1 Å². The van der Waals surface area contributed by atoms with Crippen molar-refractivity contribution < 1.29 is 33.9 Å². The van der Waals surface area contributed by atoms with Gasteiger partial charge in [0.15, 0.2) is 11.5 Å². The number of benzene rings is 1. The van der Waals surface area contributed by atoms with Crippen LogP contribution in [0.4, 0.5) is 27.8 Å². The first kappa shape index (κ1) is 24.8. The second kappa shape index (κ2) is 11.2. The molecular weight excluding hydrogens is 440 g/mol. The van der Waals surface area contributed by atoms with Gasteiger partial charge in [-0.1, -0.05) is 5.16 Å². The summed E-state index contributed by atoms with van der Waals surface area (Å²) in [4.78, 5) is 26.3. The third-order valence-electron chi connectivity index (χ3n) is 4.29. The fourth-order valence-corrected chi connectivity index (χ4v) is 2.91. The molecule has 178 valence electrons. The molecule has 0 bridgehead atoms. The Morgan fingerprint density at radius 2 is 1.94 bits per heavy atom. The van der Waals surface area contributed by atoms with Crippen LogP contribution in [0.25, 0.3) is 0 Å². The minimum Gasteiger partial charge on any atom is -0.493 e. The Morgan fingerprint density at radius 3 is 2.48 bits per heavy atom. The molecule has 0 aliphatic carbocycles. The van der Waals surface area contributed by atoms with E-state index in [1.807, 2.05) is 0 Å². The van der Waals surface area contributed by atoms with Crippen LogP contribution in [0, 0.1) is 10.1 Å². The maximum atomic E-state index is 11.7. The van der Waals surface area contributed by atoms with Crippen LogP contribution in [-0.4, -0.2) is 61.4 Å². The number of aromatic nitrogens is 1. The van der Waals surface area contributed by atoms with E-state index in [0.717, 1.165) is 0 Å². The SMILES string of the molecule is CCOC(=O)Nc1cc(NC/C(=N/O)c2ccc(OC)c(OC)c2OC)c([N+](=O)[O-])c(N)n1. The van der Waals surface area contributed by atoms with Gasteiger partial charge in [-0.3, -0.25) is 15.4 Å². The van der Waals surface area contributed by atoms with Gasteiger partial charge in [0.1, 0.15) is 17.2 Å². The van der Waals surface area contributed by atoms with E-state index in [2.05, 4.69) is 20.8 Å². The molecular formula is C19H24N6O8. The van der Waals surface area contributed by atoms with Crippen molar-refractivity contribution in [2.75, 3.05) is 50.8 Å². The number of nitro groups is 1. The lowest BCUT2D eigenvalue weighted by atomic mass is 10.1. The fraction of sp³-hybridized carbons (Fsp3) is 0.316. The molecule has 0 unspecified atom stereocenters. The summed E-state index contributed by atoms with van der Waals surface area (Å²) in [5.74, 6) is 0.349. The van der Waals surface area contributed by atoms with Crippen LogP contribution in [0.15, 0.2) is 23.4 Å². The first-order chi connectivity index (χ1) is 15.8. The Morgan fingerprint density at radius 1 is 1.24 bits per heavy atom. The predicted octanol–water partition coefficient (Wildman–Crippen LogP) is 2.46. The number of rotatable bonds is 10. The molecule has 1 amide bonds. The van der Waals surface area contributed by atoms with Crippen LogP contribution in [0.3, 0.4) is 0 Å². The van der Waals surface area contributed by atoms with Gasteiger partial charge in [0, 0.05) is 11.6 Å². The van der Waals surface area contributed by atoms with E-state index >= 15 is 0 Å². The van der Waals surface area contributed by atoms with Gasteiger partial charge >= 0.3 is 11.8 Å². The number of nitrogen functional groups attached to an aromatic ring is 1. The molecule has 14 heteroatoms. The zero-order chi connectivity index (χ0) is 24.5. The number of nitrogens with zero attached hydrogens (tertiary/aromatic N) is 3. The molecule has 1 aromatic heterocycles. The largest absolute Gasteiger partial charge is 0.493 e. The van der Waals surface area contributed by atoms with Crippen LogP contribution < -0.4 is 30.6 Å². The van der Waals surface area contributed by atoms with Gasteiger partial charge in [-0.2, -0.15) is 0 Å². The number of oxime groups is 1. The van der Waals surface area contributed by atoms with E-state index in [-0.39, 0.29) is 41.9 Å². The molecule has 0 aliphatic rings. The Bertz CT molecular complexity index is 1060. The second-order valence-corrected chi connectivity index (χ2v) is 6.17. The highest BCUT2D eigenvalue weighted by molar-refractivity contribution is 6.06. The molecule has 0 atom stereocenters. The summed E-state index contributed by atoms with van der Waals surface area (Å²) in [5, 5.41) is 29.5. The number of anilines is 3. The molecule has 0 aliphatic heterocycles. The Labute approximate surface area is 188 Å². The van der Waals surface area contributed by atoms with Crippen LogP contribution in [0.5, 0.6) is 17.2 Å². The lowest BCUT2D eigenvalue weighted by molar-refractivity contribution is -0.383. The molecule has 0 fully saturated rings. The van der Waals surface area contributed by atoms with Crippen molar-refractivity contribution in [2.45, 2.75) is 6.92 Å². The number of nitrogens with one attached hydrogen (secondary N) is 2. The number of ether oxygens (including phenoxy) is 4. The molecule has 0 saturated heterocycles. The Kier molecular flexibility index (Phi) is 8.42. The standard InChI is InChI=1S/C19H24N6O8/c1-5-33-19(26)23-14-8-11(15(25(28)29)18(20)22-14)21-9-12(24-27)10-6-7-13(30-2)17(32-4)16(10)31-3/h6-8,27H,5,9H2,1-4H3,(H4,20,21,22,23,26)/b24-12-. The number of nitrogens with two attached hydrogens (primary N) is 1. The summed E-state index contributed by atoms with van der Waals surface area (Å²) in [6.45, 7) is 1.52. The maximum absolute atomic E-state index is 11.7. The average molecular weight is 464 g/mol. The molecule has 5 N–H and O–H groups in total. The van der Waals surface area contributed by atoms with E-state index in [1.54, 1.807) is 19.1 Å². The van der Waals surface area contributed by atoms with Crippen molar-refractivity contribution in [3.8, 4) is 17.2 Å². The molecule has 0 radical (unpaired) electrons. The summed E-state index contributed by atoms with van der Waals surface area (Å²) in [6.07, 6.45) is -0.808. The molecule has 2 aromatic rings. The second-order valence-electron chi connectivity index (χ2n) is 6.17. The lowest BCUT2D eigenvalue weighted by Gasteiger charge is -2.17. The molecule has 14 nitrogen and oxygen atoms in total. The molecule has 2 rings (SSSR count). The predicted molar refractivity (Wildman–Crippen MR) is 119 cm³/mol. The molecule has 0 saturated carbocycles. The third kappa shape index (κ3) is 5.61. The summed E-state index contributed by atoms with van der Waals surface area (Å²) in [7, 11) is 4.26. The minimum absolute atomic E-state index is 0.0531. The highest BCUT2D eigenvalue weighted by atomic mass is 16.6. The summed E-state index contributed by atoms with van der Waals surface area (Å²) >= 11 is 0. The van der Waals surface area contributed by atoms with Crippen LogP contribution in [0.2, 0.25) is 0 Å². The van der Waals surface area contributed by atoms with Gasteiger partial charge in [0.2, 0.25) is 11.6 Å². The maximum Gasteiger partial charge on any atom is 0.412 e. The van der Waals surface area contributed by atoms with Crippen molar-refractivity contribution in [1.29, 1.82) is 0 Å². The van der Waals surface area contributed by atoms with Crippen molar-refractivity contribution >= 4 is 34.8 Å². The Hall–Kier alpha value is -4.49. The quantitative estimate of drug-likeness (QED) is 0.175. The zero-order valence-corrected chi connectivity index (χ0v) is 18.4. The highest BCUT2D eigenvalue weighted by Crippen LogP contribution is 2.40. The smallest absolute Gasteiger partial charge is 0.412 e. The monoisotopic (exact) mass is 464 g/mol. The van der Waals surface area contributed by atoms with E-state index in [4.69, 9.17) is 24.7 Å². The fourth-order valence-electron chi connectivity index (χ4n) is 2.91. The number of hydrogen-bond acceptors (Lipinski definition) is 12.